The predicted molar refractivity (Wildman–Crippen MR) is 82.1 cm³/mol. The lowest BCUT2D eigenvalue weighted by molar-refractivity contribution is -0.122. The number of pyridine rings is 1. The summed E-state index contributed by atoms with van der Waals surface area (Å²) in [6.45, 7) is 3.51. The molecule has 22 heavy (non-hydrogen) atoms. The van der Waals surface area contributed by atoms with E-state index in [0.29, 0.717) is 22.7 Å². The first-order chi connectivity index (χ1) is 10.5. The summed E-state index contributed by atoms with van der Waals surface area (Å²) < 4.78 is 5.50. The van der Waals surface area contributed by atoms with Gasteiger partial charge in [0.05, 0.1) is 5.69 Å². The van der Waals surface area contributed by atoms with Crippen molar-refractivity contribution in [3.8, 4) is 5.75 Å². The van der Waals surface area contributed by atoms with Gasteiger partial charge in [-0.25, -0.2) is 0 Å². The molecule has 2 amide bonds. The Hall–Kier alpha value is -2.89. The molecule has 1 aromatic heterocycles. The minimum Gasteiger partial charge on any atom is -0.479 e. The minimum atomic E-state index is -0.575. The summed E-state index contributed by atoms with van der Waals surface area (Å²) in [5, 5.41) is 5.53. The molecule has 112 valence electrons. The van der Waals surface area contributed by atoms with Crippen LogP contribution < -0.4 is 15.4 Å². The van der Waals surface area contributed by atoms with E-state index in [1.54, 1.807) is 43.5 Å². The first-order valence-electron chi connectivity index (χ1n) is 6.88. The highest BCUT2D eigenvalue weighted by Crippen LogP contribution is 2.30. The third kappa shape index (κ3) is 2.76. The van der Waals surface area contributed by atoms with Gasteiger partial charge in [-0.05, 0) is 44.2 Å². The number of amides is 2. The van der Waals surface area contributed by atoms with Crippen LogP contribution in [-0.4, -0.2) is 22.9 Å². The fourth-order valence-corrected chi connectivity index (χ4v) is 2.17. The number of hydrogen-bond acceptors (Lipinski definition) is 4. The molecule has 0 radical (unpaired) electrons. The summed E-state index contributed by atoms with van der Waals surface area (Å²) in [6, 6.07) is 8.43. The molecule has 1 aliphatic heterocycles. The number of fused-ring (bicyclic) bond motifs is 1. The molecule has 2 heterocycles. The van der Waals surface area contributed by atoms with E-state index in [0.717, 1.165) is 5.69 Å². The van der Waals surface area contributed by atoms with Crippen molar-refractivity contribution in [3.05, 3.63) is 47.8 Å². The average molecular weight is 297 g/mol. The first kappa shape index (κ1) is 14.1. The number of aryl methyl sites for hydroxylation is 1. The van der Waals surface area contributed by atoms with E-state index in [4.69, 9.17) is 4.74 Å². The Labute approximate surface area is 127 Å². The number of benzene rings is 1. The third-order valence-corrected chi connectivity index (χ3v) is 3.33. The van der Waals surface area contributed by atoms with Gasteiger partial charge >= 0.3 is 0 Å². The molecule has 0 fully saturated rings. The summed E-state index contributed by atoms with van der Waals surface area (Å²) in [6.07, 6.45) is 1.06. The predicted octanol–water partition coefficient (Wildman–Crippen LogP) is 2.36. The van der Waals surface area contributed by atoms with Crippen molar-refractivity contribution >= 4 is 23.2 Å². The third-order valence-electron chi connectivity index (χ3n) is 3.33. The highest BCUT2D eigenvalue weighted by molar-refractivity contribution is 6.05. The van der Waals surface area contributed by atoms with Crippen molar-refractivity contribution in [1.29, 1.82) is 0 Å². The molecule has 6 heteroatoms. The molecule has 2 aromatic rings. The molecule has 6 nitrogen and oxygen atoms in total. The molecular formula is C16H15N3O3. The van der Waals surface area contributed by atoms with E-state index >= 15 is 0 Å². The Morgan fingerprint density at radius 2 is 2.14 bits per heavy atom. The molecule has 3 rings (SSSR count). The van der Waals surface area contributed by atoms with Gasteiger partial charge in [0, 0.05) is 23.1 Å². The van der Waals surface area contributed by atoms with Crippen LogP contribution in [0.25, 0.3) is 0 Å². The largest absolute Gasteiger partial charge is 0.479 e. The van der Waals surface area contributed by atoms with Crippen LogP contribution in [0.5, 0.6) is 5.75 Å². The van der Waals surface area contributed by atoms with Gasteiger partial charge in [-0.1, -0.05) is 0 Å². The average Bonchev–Trinajstić information content (AvgIpc) is 2.48. The maximum absolute atomic E-state index is 12.3. The second kappa shape index (κ2) is 5.48. The van der Waals surface area contributed by atoms with Crippen LogP contribution in [0.4, 0.5) is 11.4 Å². The van der Waals surface area contributed by atoms with E-state index in [-0.39, 0.29) is 11.8 Å². The lowest BCUT2D eigenvalue weighted by atomic mass is 10.1. The summed E-state index contributed by atoms with van der Waals surface area (Å²) in [7, 11) is 0. The topological polar surface area (TPSA) is 80.3 Å². The van der Waals surface area contributed by atoms with Gasteiger partial charge in [0.2, 0.25) is 0 Å². The number of anilines is 2. The second-order valence-corrected chi connectivity index (χ2v) is 5.10. The molecular weight excluding hydrogens is 282 g/mol. The minimum absolute atomic E-state index is 0.197. The molecule has 0 saturated heterocycles. The summed E-state index contributed by atoms with van der Waals surface area (Å²) in [4.78, 5) is 27.9. The van der Waals surface area contributed by atoms with Gasteiger partial charge in [0.1, 0.15) is 5.75 Å². The maximum atomic E-state index is 12.3. The van der Waals surface area contributed by atoms with E-state index in [9.17, 15) is 9.59 Å². The second-order valence-electron chi connectivity index (χ2n) is 5.10. The standard InChI is InChI=1S/C16H15N3O3/c1-9-7-12(5-6-17-9)18-16(21)11-3-4-13-14(8-11)22-10(2)15(20)19-13/h3-8,10H,1-2H3,(H,19,20)(H,17,18,21). The molecule has 1 aromatic carbocycles. The number of nitrogens with one attached hydrogen (secondary N) is 2. The zero-order valence-electron chi connectivity index (χ0n) is 12.2. The van der Waals surface area contributed by atoms with Crippen molar-refractivity contribution < 1.29 is 14.3 Å². The number of carbonyl (C=O) groups excluding carboxylic acids is 2. The zero-order chi connectivity index (χ0) is 15.7. The van der Waals surface area contributed by atoms with Crippen LogP contribution >= 0.6 is 0 Å². The van der Waals surface area contributed by atoms with Gasteiger partial charge in [-0.2, -0.15) is 0 Å². The summed E-state index contributed by atoms with van der Waals surface area (Å²) in [5.41, 5.74) is 2.52. The van der Waals surface area contributed by atoms with Crippen LogP contribution in [0.15, 0.2) is 36.5 Å². The van der Waals surface area contributed by atoms with Crippen molar-refractivity contribution in [3.63, 3.8) is 0 Å². The Bertz CT molecular complexity index is 758. The summed E-state index contributed by atoms with van der Waals surface area (Å²) >= 11 is 0. The van der Waals surface area contributed by atoms with Gasteiger partial charge in [0.15, 0.2) is 6.10 Å². The first-order valence-corrected chi connectivity index (χ1v) is 6.88. The smallest absolute Gasteiger partial charge is 0.265 e. The fraction of sp³-hybridized carbons (Fsp3) is 0.188. The molecule has 0 saturated carbocycles. The van der Waals surface area contributed by atoms with Crippen LogP contribution in [-0.2, 0) is 4.79 Å². The van der Waals surface area contributed by atoms with Crippen LogP contribution in [0.1, 0.15) is 23.0 Å². The van der Waals surface area contributed by atoms with E-state index in [2.05, 4.69) is 15.6 Å². The Kier molecular flexibility index (Phi) is 3.50. The SMILES string of the molecule is Cc1cc(NC(=O)c2ccc3c(c2)OC(C)C(=O)N3)ccn1. The van der Waals surface area contributed by atoms with Crippen LogP contribution in [0, 0.1) is 6.92 Å². The number of rotatable bonds is 2. The molecule has 0 bridgehead atoms. The lowest BCUT2D eigenvalue weighted by Gasteiger charge is -2.23. The van der Waals surface area contributed by atoms with Crippen LogP contribution in [0.3, 0.4) is 0 Å². The normalized spacial score (nSPS) is 16.3. The summed E-state index contributed by atoms with van der Waals surface area (Å²) in [5.74, 6) is 0.0455. The molecule has 0 aliphatic carbocycles. The highest BCUT2D eigenvalue weighted by atomic mass is 16.5. The zero-order valence-corrected chi connectivity index (χ0v) is 12.2. The van der Waals surface area contributed by atoms with Crippen molar-refractivity contribution in [2.75, 3.05) is 10.6 Å². The van der Waals surface area contributed by atoms with E-state index < -0.39 is 6.10 Å². The highest BCUT2D eigenvalue weighted by Gasteiger charge is 2.24. The number of carbonyl (C=O) groups is 2. The maximum Gasteiger partial charge on any atom is 0.265 e. The Morgan fingerprint density at radius 3 is 2.91 bits per heavy atom. The molecule has 0 spiro atoms. The molecule has 1 atom stereocenters. The molecule has 1 aliphatic rings. The van der Waals surface area contributed by atoms with Crippen molar-refractivity contribution in [2.24, 2.45) is 0 Å². The fourth-order valence-electron chi connectivity index (χ4n) is 2.17. The van der Waals surface area contributed by atoms with Gasteiger partial charge in [-0.3, -0.25) is 14.6 Å². The van der Waals surface area contributed by atoms with E-state index in [1.807, 2.05) is 6.92 Å². The monoisotopic (exact) mass is 297 g/mol. The Balaban J connectivity index is 1.82. The van der Waals surface area contributed by atoms with Crippen LogP contribution in [0.2, 0.25) is 0 Å². The molecule has 2 N–H and O–H groups in total. The van der Waals surface area contributed by atoms with Crippen molar-refractivity contribution in [2.45, 2.75) is 20.0 Å². The molecule has 1 unspecified atom stereocenters. The number of ether oxygens (including phenoxy) is 1. The number of hydrogen-bond donors (Lipinski definition) is 2. The number of aromatic nitrogens is 1. The van der Waals surface area contributed by atoms with Crippen molar-refractivity contribution in [1.82, 2.24) is 4.98 Å². The van der Waals surface area contributed by atoms with E-state index in [1.165, 1.54) is 0 Å². The van der Waals surface area contributed by atoms with Gasteiger partial charge < -0.3 is 15.4 Å². The Morgan fingerprint density at radius 1 is 1.32 bits per heavy atom. The quantitative estimate of drug-likeness (QED) is 0.891. The van der Waals surface area contributed by atoms with Gasteiger partial charge in [-0.15, -0.1) is 0 Å². The lowest BCUT2D eigenvalue weighted by Crippen LogP contribution is -2.34. The number of nitrogens with zero attached hydrogens (tertiary/aromatic N) is 1. The van der Waals surface area contributed by atoms with Gasteiger partial charge in [0.25, 0.3) is 11.8 Å².